The van der Waals surface area contributed by atoms with Gasteiger partial charge in [0.05, 0.1) is 17.9 Å². The van der Waals surface area contributed by atoms with Crippen molar-refractivity contribution < 1.29 is 22.7 Å². The van der Waals surface area contributed by atoms with Crippen molar-refractivity contribution >= 4 is 21.9 Å². The molecule has 112 valence electrons. The van der Waals surface area contributed by atoms with Gasteiger partial charge in [-0.05, 0) is 35.0 Å². The van der Waals surface area contributed by atoms with Gasteiger partial charge in [-0.1, -0.05) is 12.1 Å². The van der Waals surface area contributed by atoms with Crippen molar-refractivity contribution in [3.63, 3.8) is 0 Å². The van der Waals surface area contributed by atoms with Crippen LogP contribution >= 0.6 is 15.9 Å². The molecular weight excluding hydrogens is 353 g/mol. The van der Waals surface area contributed by atoms with E-state index in [1.54, 1.807) is 6.92 Å². The summed E-state index contributed by atoms with van der Waals surface area (Å²) < 4.78 is 44.9. The van der Waals surface area contributed by atoms with Gasteiger partial charge in [0.15, 0.2) is 0 Å². The molecule has 0 aliphatic carbocycles. The summed E-state index contributed by atoms with van der Waals surface area (Å²) >= 11 is 3.05. The second kappa shape index (κ2) is 5.88. The van der Waals surface area contributed by atoms with Crippen molar-refractivity contribution in [2.45, 2.75) is 13.1 Å². The molecule has 0 bridgehead atoms. The Kier molecular flexibility index (Phi) is 4.36. The van der Waals surface area contributed by atoms with Crippen LogP contribution in [-0.4, -0.2) is 22.4 Å². The molecule has 0 radical (unpaired) electrons. The molecule has 2 rings (SSSR count). The van der Waals surface area contributed by atoms with Gasteiger partial charge in [0.2, 0.25) is 0 Å². The molecule has 4 nitrogen and oxygen atoms in total. The van der Waals surface area contributed by atoms with Gasteiger partial charge in [0.1, 0.15) is 10.2 Å². The third-order valence-corrected chi connectivity index (χ3v) is 3.21. The van der Waals surface area contributed by atoms with Crippen LogP contribution in [0.3, 0.4) is 0 Å². The zero-order valence-electron chi connectivity index (χ0n) is 10.8. The standard InChI is InChI=1S/C13H10BrF3N2O2/c1-2-21-12(20)8-7-19(18-11(8)14)10-6-4-3-5-9(10)13(15,16)17/h3-7H,2H2,1H3. The van der Waals surface area contributed by atoms with E-state index in [0.29, 0.717) is 0 Å². The molecule has 0 fully saturated rings. The third kappa shape index (κ3) is 3.26. The fourth-order valence-corrected chi connectivity index (χ4v) is 2.17. The molecule has 8 heteroatoms. The minimum absolute atomic E-state index is 0.0637. The summed E-state index contributed by atoms with van der Waals surface area (Å²) in [5.41, 5.74) is -0.939. The normalized spacial score (nSPS) is 11.5. The van der Waals surface area contributed by atoms with E-state index in [1.165, 1.54) is 24.4 Å². The molecule has 1 heterocycles. The Bertz CT molecular complexity index is 668. The van der Waals surface area contributed by atoms with E-state index < -0.39 is 17.7 Å². The van der Waals surface area contributed by atoms with E-state index in [-0.39, 0.29) is 22.5 Å². The topological polar surface area (TPSA) is 44.1 Å². The Morgan fingerprint density at radius 3 is 2.67 bits per heavy atom. The number of rotatable bonds is 3. The molecule has 0 aliphatic rings. The number of para-hydroxylation sites is 1. The van der Waals surface area contributed by atoms with Crippen LogP contribution < -0.4 is 0 Å². The third-order valence-electron chi connectivity index (χ3n) is 2.62. The Balaban J connectivity index is 2.50. The number of hydrogen-bond donors (Lipinski definition) is 0. The SMILES string of the molecule is CCOC(=O)c1cn(-c2ccccc2C(F)(F)F)nc1Br. The molecule has 0 amide bonds. The number of alkyl halides is 3. The van der Waals surface area contributed by atoms with Crippen LogP contribution in [0.15, 0.2) is 35.1 Å². The highest BCUT2D eigenvalue weighted by Crippen LogP contribution is 2.34. The predicted octanol–water partition coefficient (Wildman–Crippen LogP) is 3.83. The van der Waals surface area contributed by atoms with Crippen LogP contribution in [0.1, 0.15) is 22.8 Å². The second-order valence-electron chi connectivity index (χ2n) is 4.01. The molecule has 1 aromatic heterocycles. The van der Waals surface area contributed by atoms with Gasteiger partial charge < -0.3 is 4.74 Å². The number of carbonyl (C=O) groups is 1. The van der Waals surface area contributed by atoms with Gasteiger partial charge in [-0.15, -0.1) is 0 Å². The molecule has 0 N–H and O–H groups in total. The van der Waals surface area contributed by atoms with Gasteiger partial charge in [-0.2, -0.15) is 18.3 Å². The maximum atomic E-state index is 13.0. The highest BCUT2D eigenvalue weighted by molar-refractivity contribution is 9.10. The van der Waals surface area contributed by atoms with E-state index in [2.05, 4.69) is 21.0 Å². The van der Waals surface area contributed by atoms with Crippen molar-refractivity contribution in [1.82, 2.24) is 9.78 Å². The maximum absolute atomic E-state index is 13.0. The molecule has 21 heavy (non-hydrogen) atoms. The summed E-state index contributed by atoms with van der Waals surface area (Å²) in [6, 6.07) is 4.98. The highest BCUT2D eigenvalue weighted by atomic mass is 79.9. The van der Waals surface area contributed by atoms with Gasteiger partial charge in [-0.25, -0.2) is 9.48 Å². The van der Waals surface area contributed by atoms with Crippen LogP contribution in [0.25, 0.3) is 5.69 Å². The van der Waals surface area contributed by atoms with Crippen LogP contribution in [0.5, 0.6) is 0 Å². The van der Waals surface area contributed by atoms with E-state index in [9.17, 15) is 18.0 Å². The molecule has 0 atom stereocenters. The number of ether oxygens (including phenoxy) is 1. The summed E-state index contributed by atoms with van der Waals surface area (Å²) in [4.78, 5) is 11.7. The van der Waals surface area contributed by atoms with Crippen LogP contribution in [0.4, 0.5) is 13.2 Å². The van der Waals surface area contributed by atoms with Crippen LogP contribution in [0, 0.1) is 0 Å². The van der Waals surface area contributed by atoms with Gasteiger partial charge in [-0.3, -0.25) is 0 Å². The first-order valence-electron chi connectivity index (χ1n) is 5.93. The van der Waals surface area contributed by atoms with Crippen molar-refractivity contribution in [3.05, 3.63) is 46.2 Å². The molecule has 0 unspecified atom stereocenters. The minimum atomic E-state index is -4.51. The number of esters is 1. The molecule has 0 aliphatic heterocycles. The maximum Gasteiger partial charge on any atom is 0.418 e. The highest BCUT2D eigenvalue weighted by Gasteiger charge is 2.34. The summed E-state index contributed by atoms with van der Waals surface area (Å²) in [5, 5.41) is 3.89. The Labute approximate surface area is 126 Å². The lowest BCUT2D eigenvalue weighted by Crippen LogP contribution is -2.11. The smallest absolute Gasteiger partial charge is 0.418 e. The molecule has 0 spiro atoms. The average Bonchev–Trinajstić information content (AvgIpc) is 2.80. The fourth-order valence-electron chi connectivity index (χ4n) is 1.74. The monoisotopic (exact) mass is 362 g/mol. The van der Waals surface area contributed by atoms with Crippen molar-refractivity contribution in [2.75, 3.05) is 6.61 Å². The fraction of sp³-hybridized carbons (Fsp3) is 0.231. The molecular formula is C13H10BrF3N2O2. The summed E-state index contributed by atoms with van der Waals surface area (Å²) in [6.07, 6.45) is -3.31. The van der Waals surface area contributed by atoms with Gasteiger partial charge >= 0.3 is 12.1 Å². The zero-order chi connectivity index (χ0) is 15.6. The lowest BCUT2D eigenvalue weighted by Gasteiger charge is -2.12. The summed E-state index contributed by atoms with van der Waals surface area (Å²) in [6.45, 7) is 1.80. The van der Waals surface area contributed by atoms with Crippen LogP contribution in [-0.2, 0) is 10.9 Å². The second-order valence-corrected chi connectivity index (χ2v) is 4.76. The first kappa shape index (κ1) is 15.6. The number of aromatic nitrogens is 2. The summed E-state index contributed by atoms with van der Waals surface area (Å²) in [7, 11) is 0. The summed E-state index contributed by atoms with van der Waals surface area (Å²) in [5.74, 6) is -0.653. The van der Waals surface area contributed by atoms with E-state index in [1.807, 2.05) is 0 Å². The first-order chi connectivity index (χ1) is 9.84. The van der Waals surface area contributed by atoms with Gasteiger partial charge in [0, 0.05) is 6.20 Å². The van der Waals surface area contributed by atoms with Crippen molar-refractivity contribution in [2.24, 2.45) is 0 Å². The first-order valence-corrected chi connectivity index (χ1v) is 6.72. The van der Waals surface area contributed by atoms with E-state index >= 15 is 0 Å². The quantitative estimate of drug-likeness (QED) is 0.779. The Morgan fingerprint density at radius 2 is 2.05 bits per heavy atom. The zero-order valence-corrected chi connectivity index (χ0v) is 12.4. The van der Waals surface area contributed by atoms with Gasteiger partial charge in [0.25, 0.3) is 0 Å². The molecule has 0 saturated heterocycles. The minimum Gasteiger partial charge on any atom is -0.462 e. The van der Waals surface area contributed by atoms with Crippen LogP contribution in [0.2, 0.25) is 0 Å². The lowest BCUT2D eigenvalue weighted by molar-refractivity contribution is -0.137. The molecule has 0 saturated carbocycles. The van der Waals surface area contributed by atoms with E-state index in [4.69, 9.17) is 4.74 Å². The van der Waals surface area contributed by atoms with Crippen molar-refractivity contribution in [1.29, 1.82) is 0 Å². The lowest BCUT2D eigenvalue weighted by atomic mass is 10.1. The average molecular weight is 363 g/mol. The Morgan fingerprint density at radius 1 is 1.38 bits per heavy atom. The number of carbonyl (C=O) groups excluding carboxylic acids is 1. The number of halogens is 4. The number of benzene rings is 1. The largest absolute Gasteiger partial charge is 0.462 e. The molecule has 2 aromatic rings. The predicted molar refractivity (Wildman–Crippen MR) is 72.2 cm³/mol. The van der Waals surface area contributed by atoms with E-state index in [0.717, 1.165) is 10.7 Å². The number of hydrogen-bond acceptors (Lipinski definition) is 3. The Hall–Kier alpha value is -1.83. The number of nitrogens with zero attached hydrogens (tertiary/aromatic N) is 2. The molecule has 1 aromatic carbocycles. The van der Waals surface area contributed by atoms with Crippen molar-refractivity contribution in [3.8, 4) is 5.69 Å².